The Labute approximate surface area is 120 Å². The van der Waals surface area contributed by atoms with Crippen molar-refractivity contribution in [1.82, 2.24) is 10.2 Å². The van der Waals surface area contributed by atoms with Crippen LogP contribution < -0.4 is 5.32 Å². The van der Waals surface area contributed by atoms with Crippen molar-refractivity contribution in [2.75, 3.05) is 5.32 Å². The maximum atomic E-state index is 5.50. The molecule has 0 spiro atoms. The van der Waals surface area contributed by atoms with Crippen LogP contribution in [0.1, 0.15) is 5.76 Å². The summed E-state index contributed by atoms with van der Waals surface area (Å²) < 4.78 is 7.13. The highest BCUT2D eigenvalue weighted by Gasteiger charge is 2.06. The number of H-pyrrole nitrogens is 1. The molecule has 2 heterocycles. The molecule has 0 aliphatic rings. The molecule has 18 heavy (non-hydrogen) atoms. The SMILES string of the molecule is Brc1cc(CNc2ccc3cn[nH]c3c2)oc1Br. The average Bonchev–Trinajstić information content (AvgIpc) is 2.94. The number of furan rings is 1. The van der Waals surface area contributed by atoms with Crippen molar-refractivity contribution >= 4 is 48.5 Å². The first kappa shape index (κ1) is 11.8. The third-order valence-corrected chi connectivity index (χ3v) is 4.32. The zero-order chi connectivity index (χ0) is 12.5. The van der Waals surface area contributed by atoms with Crippen LogP contribution in [0.5, 0.6) is 0 Å². The van der Waals surface area contributed by atoms with E-state index in [0.717, 1.165) is 26.8 Å². The van der Waals surface area contributed by atoms with Crippen molar-refractivity contribution in [2.24, 2.45) is 0 Å². The molecule has 1 aromatic carbocycles. The van der Waals surface area contributed by atoms with Crippen molar-refractivity contribution in [1.29, 1.82) is 0 Å². The van der Waals surface area contributed by atoms with Crippen LogP contribution in [0.3, 0.4) is 0 Å². The summed E-state index contributed by atoms with van der Waals surface area (Å²) in [5.74, 6) is 0.860. The van der Waals surface area contributed by atoms with Crippen LogP contribution in [0.25, 0.3) is 10.9 Å². The molecule has 0 saturated heterocycles. The highest BCUT2D eigenvalue weighted by atomic mass is 79.9. The number of aromatic amines is 1. The Hall–Kier alpha value is -1.27. The first-order chi connectivity index (χ1) is 8.72. The van der Waals surface area contributed by atoms with E-state index in [9.17, 15) is 0 Å². The molecule has 92 valence electrons. The van der Waals surface area contributed by atoms with Gasteiger partial charge >= 0.3 is 0 Å². The number of halogens is 2. The molecular weight excluding hydrogens is 362 g/mol. The zero-order valence-electron chi connectivity index (χ0n) is 9.21. The summed E-state index contributed by atoms with van der Waals surface area (Å²) in [5, 5.41) is 11.3. The molecule has 0 atom stereocenters. The predicted molar refractivity (Wildman–Crippen MR) is 77.5 cm³/mol. The second kappa shape index (κ2) is 4.78. The van der Waals surface area contributed by atoms with Crippen LogP contribution in [-0.4, -0.2) is 10.2 Å². The van der Waals surface area contributed by atoms with Gasteiger partial charge in [0.1, 0.15) is 5.76 Å². The van der Waals surface area contributed by atoms with E-state index in [1.807, 2.05) is 24.3 Å². The fourth-order valence-electron chi connectivity index (χ4n) is 1.71. The molecule has 0 unspecified atom stereocenters. The van der Waals surface area contributed by atoms with Crippen molar-refractivity contribution < 1.29 is 4.42 Å². The van der Waals surface area contributed by atoms with Gasteiger partial charge < -0.3 is 9.73 Å². The van der Waals surface area contributed by atoms with Crippen molar-refractivity contribution in [2.45, 2.75) is 6.54 Å². The molecular formula is C12H9Br2N3O. The summed E-state index contributed by atoms with van der Waals surface area (Å²) in [6.07, 6.45) is 1.81. The van der Waals surface area contributed by atoms with Gasteiger partial charge in [0.2, 0.25) is 0 Å². The third kappa shape index (κ3) is 2.30. The minimum atomic E-state index is 0.629. The van der Waals surface area contributed by atoms with Gasteiger partial charge in [-0.1, -0.05) is 0 Å². The molecule has 6 heteroatoms. The summed E-state index contributed by atoms with van der Waals surface area (Å²) in [6, 6.07) is 8.00. The van der Waals surface area contributed by atoms with E-state index < -0.39 is 0 Å². The summed E-state index contributed by atoms with van der Waals surface area (Å²) >= 11 is 6.70. The van der Waals surface area contributed by atoms with E-state index in [1.165, 1.54) is 0 Å². The minimum Gasteiger partial charge on any atom is -0.451 e. The summed E-state index contributed by atoms with van der Waals surface area (Å²) in [7, 11) is 0. The Morgan fingerprint density at radius 2 is 2.17 bits per heavy atom. The number of aromatic nitrogens is 2. The molecule has 0 aliphatic heterocycles. The van der Waals surface area contributed by atoms with Gasteiger partial charge in [0.15, 0.2) is 4.67 Å². The Morgan fingerprint density at radius 3 is 2.94 bits per heavy atom. The third-order valence-electron chi connectivity index (χ3n) is 2.60. The van der Waals surface area contributed by atoms with Gasteiger partial charge in [0.05, 0.1) is 22.7 Å². The second-order valence-electron chi connectivity index (χ2n) is 3.86. The summed E-state index contributed by atoms with van der Waals surface area (Å²) in [4.78, 5) is 0. The minimum absolute atomic E-state index is 0.629. The number of fused-ring (bicyclic) bond motifs is 1. The standard InChI is InChI=1S/C12H9Br2N3O/c13-10-4-9(18-12(10)14)6-15-8-2-1-7-5-16-17-11(7)3-8/h1-5,15H,6H2,(H,16,17). The molecule has 2 N–H and O–H groups in total. The lowest BCUT2D eigenvalue weighted by molar-refractivity contribution is 0.494. The molecule has 0 fully saturated rings. The number of nitrogens with one attached hydrogen (secondary N) is 2. The number of hydrogen-bond donors (Lipinski definition) is 2. The average molecular weight is 371 g/mol. The summed E-state index contributed by atoms with van der Waals surface area (Å²) in [5.41, 5.74) is 2.04. The van der Waals surface area contributed by atoms with E-state index in [4.69, 9.17) is 4.42 Å². The highest BCUT2D eigenvalue weighted by molar-refractivity contribution is 9.13. The fraction of sp³-hybridized carbons (Fsp3) is 0.0833. The normalized spacial score (nSPS) is 11.0. The summed E-state index contributed by atoms with van der Waals surface area (Å²) in [6.45, 7) is 0.629. The maximum Gasteiger partial charge on any atom is 0.183 e. The molecule has 0 radical (unpaired) electrons. The lowest BCUT2D eigenvalue weighted by Gasteiger charge is -2.03. The van der Waals surface area contributed by atoms with E-state index in [1.54, 1.807) is 6.20 Å². The molecule has 2 aromatic heterocycles. The van der Waals surface area contributed by atoms with E-state index in [-0.39, 0.29) is 0 Å². The number of hydrogen-bond acceptors (Lipinski definition) is 3. The molecule has 0 aliphatic carbocycles. The number of anilines is 1. The Balaban J connectivity index is 1.76. The first-order valence-electron chi connectivity index (χ1n) is 5.33. The molecule has 3 rings (SSSR count). The maximum absolute atomic E-state index is 5.50. The monoisotopic (exact) mass is 369 g/mol. The van der Waals surface area contributed by atoms with E-state index >= 15 is 0 Å². The lowest BCUT2D eigenvalue weighted by Crippen LogP contribution is -1.97. The largest absolute Gasteiger partial charge is 0.451 e. The molecule has 4 nitrogen and oxygen atoms in total. The Morgan fingerprint density at radius 1 is 1.28 bits per heavy atom. The van der Waals surface area contributed by atoms with Crippen LogP contribution in [-0.2, 0) is 6.54 Å². The fourth-order valence-corrected chi connectivity index (χ4v) is 2.37. The number of rotatable bonds is 3. The number of benzene rings is 1. The molecule has 0 amide bonds. The van der Waals surface area contributed by atoms with Gasteiger partial charge in [0.25, 0.3) is 0 Å². The van der Waals surface area contributed by atoms with Crippen LogP contribution in [0.4, 0.5) is 5.69 Å². The van der Waals surface area contributed by atoms with Crippen LogP contribution in [0.2, 0.25) is 0 Å². The van der Waals surface area contributed by atoms with Crippen LogP contribution >= 0.6 is 31.9 Å². The Bertz CT molecular complexity index is 670. The predicted octanol–water partition coefficient (Wildman–Crippen LogP) is 4.29. The quantitative estimate of drug-likeness (QED) is 0.722. The molecule has 0 bridgehead atoms. The van der Waals surface area contributed by atoms with Gasteiger partial charge in [-0.3, -0.25) is 5.10 Å². The van der Waals surface area contributed by atoms with Gasteiger partial charge in [-0.15, -0.1) is 0 Å². The molecule has 0 saturated carbocycles. The Kier molecular flexibility index (Phi) is 3.13. The number of nitrogens with zero attached hydrogens (tertiary/aromatic N) is 1. The van der Waals surface area contributed by atoms with Gasteiger partial charge in [-0.25, -0.2) is 0 Å². The van der Waals surface area contributed by atoms with Crippen LogP contribution in [0, 0.1) is 0 Å². The van der Waals surface area contributed by atoms with Gasteiger partial charge in [0, 0.05) is 11.1 Å². The zero-order valence-corrected chi connectivity index (χ0v) is 12.4. The second-order valence-corrected chi connectivity index (χ2v) is 5.43. The first-order valence-corrected chi connectivity index (χ1v) is 6.92. The lowest BCUT2D eigenvalue weighted by atomic mass is 10.2. The van der Waals surface area contributed by atoms with E-state index in [2.05, 4.69) is 47.4 Å². The highest BCUT2D eigenvalue weighted by Crippen LogP contribution is 2.27. The van der Waals surface area contributed by atoms with Gasteiger partial charge in [-0.2, -0.15) is 5.10 Å². The van der Waals surface area contributed by atoms with Crippen molar-refractivity contribution in [3.05, 3.63) is 45.4 Å². The van der Waals surface area contributed by atoms with Crippen LogP contribution in [0.15, 0.2) is 44.0 Å². The topological polar surface area (TPSA) is 53.9 Å². The smallest absolute Gasteiger partial charge is 0.183 e. The van der Waals surface area contributed by atoms with Crippen molar-refractivity contribution in [3.8, 4) is 0 Å². The molecule has 3 aromatic rings. The van der Waals surface area contributed by atoms with E-state index in [0.29, 0.717) is 11.2 Å². The van der Waals surface area contributed by atoms with Crippen molar-refractivity contribution in [3.63, 3.8) is 0 Å². The van der Waals surface area contributed by atoms with Gasteiger partial charge in [-0.05, 0) is 56.1 Å².